The van der Waals surface area contributed by atoms with Crippen LogP contribution in [0.25, 0.3) is 27.9 Å². The minimum atomic E-state index is -4.57. The van der Waals surface area contributed by atoms with E-state index in [1.807, 2.05) is 36.4 Å². The fraction of sp³-hybridized carbons (Fsp3) is 0.0417. The van der Waals surface area contributed by atoms with Crippen LogP contribution in [-0.2, 0) is 6.18 Å². The second-order valence-corrected chi connectivity index (χ2v) is 6.91. The van der Waals surface area contributed by atoms with Crippen LogP contribution >= 0.6 is 12.2 Å². The van der Waals surface area contributed by atoms with Crippen molar-refractivity contribution in [2.24, 2.45) is 0 Å². The number of hydrogen-bond donors (Lipinski definition) is 0. The maximum atomic E-state index is 14.1. The predicted molar refractivity (Wildman–Crippen MR) is 112 cm³/mol. The van der Waals surface area contributed by atoms with Gasteiger partial charge in [-0.1, -0.05) is 91.1 Å². The molecule has 0 amide bonds. The lowest BCUT2D eigenvalue weighted by molar-refractivity contribution is -0.142. The molecule has 5 heteroatoms. The van der Waals surface area contributed by atoms with Gasteiger partial charge in [0.25, 0.3) is 0 Å². The molecule has 0 aliphatic heterocycles. The lowest BCUT2D eigenvalue weighted by Crippen LogP contribution is -2.17. The zero-order valence-electron chi connectivity index (χ0n) is 15.2. The van der Waals surface area contributed by atoms with E-state index in [1.165, 1.54) is 6.07 Å². The van der Waals surface area contributed by atoms with Gasteiger partial charge in [0.05, 0.1) is 0 Å². The molecule has 1 aromatic heterocycles. The van der Waals surface area contributed by atoms with Crippen LogP contribution in [0.1, 0.15) is 5.69 Å². The van der Waals surface area contributed by atoms with Gasteiger partial charge < -0.3 is 0 Å². The Morgan fingerprint density at radius 3 is 1.66 bits per heavy atom. The van der Waals surface area contributed by atoms with E-state index in [-0.39, 0.29) is 4.64 Å². The summed E-state index contributed by atoms with van der Waals surface area (Å²) in [4.78, 5) is 0. The minimum absolute atomic E-state index is 0.121. The molecule has 1 nitrogen and oxygen atoms in total. The number of hydrogen-bond acceptors (Lipinski definition) is 1. The van der Waals surface area contributed by atoms with Crippen molar-refractivity contribution < 1.29 is 13.2 Å². The molecule has 0 radical (unpaired) electrons. The van der Waals surface area contributed by atoms with Gasteiger partial charge in [0.1, 0.15) is 10.3 Å². The summed E-state index contributed by atoms with van der Waals surface area (Å²) in [5.41, 5.74) is 2.09. The van der Waals surface area contributed by atoms with Crippen LogP contribution in [0.2, 0.25) is 0 Å². The number of pyridine rings is 1. The van der Waals surface area contributed by atoms with Crippen LogP contribution in [0.4, 0.5) is 13.2 Å². The molecule has 4 aromatic rings. The van der Waals surface area contributed by atoms with Crippen molar-refractivity contribution >= 4 is 12.2 Å². The van der Waals surface area contributed by atoms with Crippen molar-refractivity contribution in [2.45, 2.75) is 6.18 Å². The molecule has 0 aliphatic carbocycles. The highest BCUT2D eigenvalue weighted by Crippen LogP contribution is 2.40. The normalized spacial score (nSPS) is 11.4. The number of alkyl halides is 3. The topological polar surface area (TPSA) is 4.93 Å². The number of aromatic nitrogens is 1. The van der Waals surface area contributed by atoms with Gasteiger partial charge in [-0.05, 0) is 34.9 Å². The van der Waals surface area contributed by atoms with Crippen LogP contribution in [0.15, 0.2) is 97.1 Å². The summed E-state index contributed by atoms with van der Waals surface area (Å²) < 4.78 is 43.5. The van der Waals surface area contributed by atoms with E-state index in [0.717, 1.165) is 10.1 Å². The number of benzene rings is 3. The average molecular weight is 407 g/mol. The molecule has 4 rings (SSSR count). The van der Waals surface area contributed by atoms with Crippen LogP contribution < -0.4 is 0 Å². The van der Waals surface area contributed by atoms with E-state index in [0.29, 0.717) is 22.4 Å². The van der Waals surface area contributed by atoms with Crippen molar-refractivity contribution in [1.29, 1.82) is 0 Å². The summed E-state index contributed by atoms with van der Waals surface area (Å²) in [6, 6.07) is 27.9. The monoisotopic (exact) mass is 407 g/mol. The van der Waals surface area contributed by atoms with Gasteiger partial charge in [-0.2, -0.15) is 13.2 Å². The second-order valence-electron chi connectivity index (χ2n) is 6.52. The fourth-order valence-electron chi connectivity index (χ4n) is 3.38. The SMILES string of the molecule is FC(F)(F)c1cc(-c2ccccc2)c(-c2ccccc2)c(=S)n1-c1ccccc1. The molecule has 29 heavy (non-hydrogen) atoms. The Morgan fingerprint density at radius 2 is 1.14 bits per heavy atom. The average Bonchev–Trinajstić information content (AvgIpc) is 2.74. The Kier molecular flexibility index (Phi) is 5.07. The quantitative estimate of drug-likeness (QED) is 0.317. The summed E-state index contributed by atoms with van der Waals surface area (Å²) >= 11 is 5.66. The van der Waals surface area contributed by atoms with E-state index in [2.05, 4.69) is 0 Å². The van der Waals surface area contributed by atoms with E-state index >= 15 is 0 Å². The molecule has 0 saturated carbocycles. The number of halogens is 3. The van der Waals surface area contributed by atoms with Crippen molar-refractivity contribution in [1.82, 2.24) is 4.57 Å². The van der Waals surface area contributed by atoms with Gasteiger partial charge >= 0.3 is 6.18 Å². The maximum absolute atomic E-state index is 14.1. The summed E-state index contributed by atoms with van der Waals surface area (Å²) in [6.45, 7) is 0. The van der Waals surface area contributed by atoms with Gasteiger partial charge in [0.2, 0.25) is 0 Å². The van der Waals surface area contributed by atoms with Crippen LogP contribution in [0.3, 0.4) is 0 Å². The first-order valence-electron chi connectivity index (χ1n) is 9.00. The first-order chi connectivity index (χ1) is 14.0. The summed E-state index contributed by atoms with van der Waals surface area (Å²) in [6.07, 6.45) is -4.57. The van der Waals surface area contributed by atoms with Crippen molar-refractivity contribution in [3.8, 4) is 27.9 Å². The highest BCUT2D eigenvalue weighted by Gasteiger charge is 2.36. The van der Waals surface area contributed by atoms with Gasteiger partial charge in [-0.15, -0.1) is 0 Å². The molecule has 0 spiro atoms. The Labute approximate surface area is 171 Å². The molecule has 0 bridgehead atoms. The van der Waals surface area contributed by atoms with E-state index < -0.39 is 11.9 Å². The van der Waals surface area contributed by atoms with Gasteiger partial charge in [0.15, 0.2) is 0 Å². The smallest absolute Gasteiger partial charge is 0.296 e. The van der Waals surface area contributed by atoms with E-state index in [4.69, 9.17) is 12.2 Å². The first kappa shape index (κ1) is 19.2. The fourth-order valence-corrected chi connectivity index (χ4v) is 3.81. The van der Waals surface area contributed by atoms with Crippen LogP contribution in [0, 0.1) is 4.64 Å². The molecule has 0 saturated heterocycles. The first-order valence-corrected chi connectivity index (χ1v) is 9.41. The summed E-state index contributed by atoms with van der Waals surface area (Å²) in [5, 5.41) is 0. The lowest BCUT2D eigenvalue weighted by atomic mass is 9.95. The van der Waals surface area contributed by atoms with Crippen LogP contribution in [0.5, 0.6) is 0 Å². The molecule has 0 unspecified atom stereocenters. The highest BCUT2D eigenvalue weighted by molar-refractivity contribution is 7.71. The third kappa shape index (κ3) is 3.74. The van der Waals surface area contributed by atoms with E-state index in [1.54, 1.807) is 54.6 Å². The molecule has 3 aromatic carbocycles. The van der Waals surface area contributed by atoms with Crippen molar-refractivity contribution in [2.75, 3.05) is 0 Å². The Bertz CT molecular complexity index is 1180. The molecular formula is C24H16F3NS. The molecular weight excluding hydrogens is 391 g/mol. The van der Waals surface area contributed by atoms with Gasteiger partial charge in [0, 0.05) is 11.3 Å². The van der Waals surface area contributed by atoms with Gasteiger partial charge in [-0.25, -0.2) is 0 Å². The molecule has 144 valence electrons. The summed E-state index contributed by atoms with van der Waals surface area (Å²) in [5.74, 6) is 0. The van der Waals surface area contributed by atoms with Crippen LogP contribution in [-0.4, -0.2) is 4.57 Å². The standard InChI is InChI=1S/C24H16F3NS/c25-24(26,27)21-16-20(17-10-4-1-5-11-17)22(18-12-6-2-7-13-18)23(29)28(21)19-14-8-3-9-15-19/h1-16H. The second kappa shape index (κ2) is 7.68. The minimum Gasteiger partial charge on any atom is -0.296 e. The number of para-hydroxylation sites is 1. The van der Waals surface area contributed by atoms with Gasteiger partial charge in [-0.3, -0.25) is 4.57 Å². The Morgan fingerprint density at radius 1 is 0.655 bits per heavy atom. The molecule has 0 fully saturated rings. The predicted octanol–water partition coefficient (Wildman–Crippen LogP) is 7.56. The molecule has 0 N–H and O–H groups in total. The zero-order valence-corrected chi connectivity index (χ0v) is 16.0. The Hall–Kier alpha value is -3.18. The Balaban J connectivity index is 2.15. The zero-order chi connectivity index (χ0) is 20.4. The van der Waals surface area contributed by atoms with Crippen molar-refractivity contribution in [3.05, 3.63) is 107 Å². The highest BCUT2D eigenvalue weighted by atomic mass is 32.1. The molecule has 0 atom stereocenters. The van der Waals surface area contributed by atoms with Crippen molar-refractivity contribution in [3.63, 3.8) is 0 Å². The van der Waals surface area contributed by atoms with E-state index in [9.17, 15) is 13.2 Å². The maximum Gasteiger partial charge on any atom is 0.431 e. The lowest BCUT2D eigenvalue weighted by Gasteiger charge is -2.22. The third-order valence-electron chi connectivity index (χ3n) is 4.66. The largest absolute Gasteiger partial charge is 0.431 e. The molecule has 0 aliphatic rings. The number of rotatable bonds is 3. The molecule has 1 heterocycles. The number of nitrogens with zero attached hydrogens (tertiary/aromatic N) is 1. The third-order valence-corrected chi connectivity index (χ3v) is 5.05. The summed E-state index contributed by atoms with van der Waals surface area (Å²) in [7, 11) is 0.